The van der Waals surface area contributed by atoms with E-state index in [1.54, 1.807) is 24.3 Å². The molecule has 1 N–H and O–H groups in total. The minimum atomic E-state index is -0.331. The van der Waals surface area contributed by atoms with Gasteiger partial charge in [-0.15, -0.1) is 0 Å². The summed E-state index contributed by atoms with van der Waals surface area (Å²) in [6.07, 6.45) is 12.0. The zero-order valence-corrected chi connectivity index (χ0v) is 18.8. The van der Waals surface area contributed by atoms with Crippen molar-refractivity contribution < 1.29 is 14.4 Å². The van der Waals surface area contributed by atoms with Gasteiger partial charge in [-0.3, -0.25) is 19.3 Å². The molecule has 166 valence electrons. The normalized spacial score (nSPS) is 19.9. The van der Waals surface area contributed by atoms with Gasteiger partial charge < -0.3 is 10.2 Å². The minimum Gasteiger partial charge on any atom is -0.343 e. The van der Waals surface area contributed by atoms with Gasteiger partial charge in [-0.25, -0.2) is 0 Å². The summed E-state index contributed by atoms with van der Waals surface area (Å²) in [4.78, 5) is 41.2. The molecule has 0 atom stereocenters. The second-order valence-electron chi connectivity index (χ2n) is 8.90. The Bertz CT molecular complexity index is 806. The molecule has 6 nitrogen and oxygen atoms in total. The maximum atomic E-state index is 12.7. The fourth-order valence-corrected chi connectivity index (χ4v) is 5.66. The van der Waals surface area contributed by atoms with Crippen molar-refractivity contribution in [1.29, 1.82) is 0 Å². The number of hydrogen-bond donors (Lipinski definition) is 1. The van der Waals surface area contributed by atoms with Gasteiger partial charge in [0.1, 0.15) is 0 Å². The molecule has 1 aliphatic heterocycles. The van der Waals surface area contributed by atoms with Crippen LogP contribution in [0, 0.1) is 0 Å². The molecule has 3 aliphatic rings. The van der Waals surface area contributed by atoms with Gasteiger partial charge in [-0.2, -0.15) is 0 Å². The molecule has 2 saturated carbocycles. The number of hydrogen-bond acceptors (Lipinski definition) is 4. The van der Waals surface area contributed by atoms with E-state index in [2.05, 4.69) is 10.2 Å². The van der Waals surface area contributed by atoms with Crippen molar-refractivity contribution >= 4 is 35.1 Å². The van der Waals surface area contributed by atoms with Crippen LogP contribution in [-0.4, -0.2) is 51.3 Å². The molecule has 0 aromatic heterocycles. The van der Waals surface area contributed by atoms with Crippen molar-refractivity contribution in [3.63, 3.8) is 0 Å². The Morgan fingerprint density at radius 2 is 1.39 bits per heavy atom. The van der Waals surface area contributed by atoms with E-state index < -0.39 is 0 Å². The molecule has 4 rings (SSSR count). The first-order valence-electron chi connectivity index (χ1n) is 11.6. The lowest BCUT2D eigenvalue weighted by atomic mass is 9.89. The molecule has 0 bridgehead atoms. The maximum Gasteiger partial charge on any atom is 0.261 e. The number of benzene rings is 1. The first-order valence-corrected chi connectivity index (χ1v) is 12.0. The Labute approximate surface area is 189 Å². The molecule has 0 radical (unpaired) electrons. The predicted molar refractivity (Wildman–Crippen MR) is 123 cm³/mol. The van der Waals surface area contributed by atoms with Gasteiger partial charge in [0.05, 0.1) is 11.1 Å². The Morgan fingerprint density at radius 3 is 1.87 bits per heavy atom. The fraction of sp³-hybridized carbons (Fsp3) is 0.583. The Morgan fingerprint density at radius 1 is 0.903 bits per heavy atom. The van der Waals surface area contributed by atoms with Crippen LogP contribution in [0.1, 0.15) is 91.3 Å². The molecule has 2 aliphatic carbocycles. The number of amides is 3. The van der Waals surface area contributed by atoms with Crippen LogP contribution in [0.5, 0.6) is 0 Å². The summed E-state index contributed by atoms with van der Waals surface area (Å²) < 4.78 is 0. The highest BCUT2D eigenvalue weighted by Crippen LogP contribution is 2.30. The third-order valence-corrected chi connectivity index (χ3v) is 7.17. The number of rotatable bonds is 5. The van der Waals surface area contributed by atoms with Crippen LogP contribution in [0.4, 0.5) is 0 Å². The van der Waals surface area contributed by atoms with Crippen LogP contribution >= 0.6 is 12.2 Å². The average molecular weight is 442 g/mol. The number of thiocarbonyl (C=S) groups is 1. The molecule has 0 saturated heterocycles. The highest BCUT2D eigenvalue weighted by molar-refractivity contribution is 7.80. The van der Waals surface area contributed by atoms with E-state index in [1.807, 2.05) is 0 Å². The third-order valence-electron chi connectivity index (χ3n) is 6.86. The van der Waals surface area contributed by atoms with Crippen molar-refractivity contribution in [1.82, 2.24) is 15.1 Å². The van der Waals surface area contributed by atoms with Crippen LogP contribution in [0.3, 0.4) is 0 Å². The van der Waals surface area contributed by atoms with Gasteiger partial charge in [0.25, 0.3) is 11.8 Å². The Hall–Kier alpha value is -2.28. The van der Waals surface area contributed by atoms with E-state index in [0.29, 0.717) is 28.3 Å². The van der Waals surface area contributed by atoms with Crippen molar-refractivity contribution in [2.45, 2.75) is 82.7 Å². The molecule has 1 aromatic rings. The van der Waals surface area contributed by atoms with E-state index in [4.69, 9.17) is 12.2 Å². The van der Waals surface area contributed by atoms with Gasteiger partial charge >= 0.3 is 0 Å². The first kappa shape index (κ1) is 21.9. The molecular weight excluding hydrogens is 410 g/mol. The molecule has 0 spiro atoms. The maximum absolute atomic E-state index is 12.7. The van der Waals surface area contributed by atoms with E-state index in [-0.39, 0.29) is 30.7 Å². The lowest BCUT2D eigenvalue weighted by Crippen LogP contribution is -2.54. The second kappa shape index (κ2) is 9.90. The number of fused-ring (bicyclic) bond motifs is 1. The van der Waals surface area contributed by atoms with Gasteiger partial charge in [0.15, 0.2) is 5.11 Å². The van der Waals surface area contributed by atoms with Crippen molar-refractivity contribution in [3.8, 4) is 0 Å². The zero-order valence-electron chi connectivity index (χ0n) is 18.0. The van der Waals surface area contributed by atoms with E-state index in [0.717, 1.165) is 30.6 Å². The number of carbonyl (C=O) groups excluding carboxylic acids is 3. The summed E-state index contributed by atoms with van der Waals surface area (Å²) in [7, 11) is 0. The number of nitrogens with zero attached hydrogens (tertiary/aromatic N) is 2. The molecule has 7 heteroatoms. The summed E-state index contributed by atoms with van der Waals surface area (Å²) in [6.45, 7) is 0.0631. The van der Waals surface area contributed by atoms with Gasteiger partial charge in [0.2, 0.25) is 5.91 Å². The highest BCUT2D eigenvalue weighted by atomic mass is 32.1. The molecule has 31 heavy (non-hydrogen) atoms. The summed E-state index contributed by atoms with van der Waals surface area (Å²) in [5.74, 6) is -0.901. The van der Waals surface area contributed by atoms with Crippen molar-refractivity contribution in [3.05, 3.63) is 35.4 Å². The monoisotopic (exact) mass is 441 g/mol. The highest BCUT2D eigenvalue weighted by Gasteiger charge is 2.35. The van der Waals surface area contributed by atoms with Crippen molar-refractivity contribution in [2.24, 2.45) is 0 Å². The van der Waals surface area contributed by atoms with Gasteiger partial charge in [-0.1, -0.05) is 50.7 Å². The smallest absolute Gasteiger partial charge is 0.261 e. The summed E-state index contributed by atoms with van der Waals surface area (Å²) >= 11 is 5.71. The van der Waals surface area contributed by atoms with Crippen LogP contribution in [0.25, 0.3) is 0 Å². The third kappa shape index (κ3) is 4.81. The predicted octanol–water partition coefficient (Wildman–Crippen LogP) is 4.04. The van der Waals surface area contributed by atoms with Crippen molar-refractivity contribution in [2.75, 3.05) is 6.54 Å². The molecular formula is C24H31N3O3S. The molecule has 0 unspecified atom stereocenters. The number of carbonyl (C=O) groups is 3. The average Bonchev–Trinajstić information content (AvgIpc) is 3.04. The van der Waals surface area contributed by atoms with Crippen LogP contribution in [0.15, 0.2) is 24.3 Å². The molecule has 1 heterocycles. The lowest BCUT2D eigenvalue weighted by Gasteiger charge is -2.43. The zero-order chi connectivity index (χ0) is 21.8. The first-order chi connectivity index (χ1) is 15.1. The van der Waals surface area contributed by atoms with Gasteiger partial charge in [-0.05, 0) is 50.0 Å². The van der Waals surface area contributed by atoms with E-state index in [9.17, 15) is 14.4 Å². The van der Waals surface area contributed by atoms with Crippen LogP contribution < -0.4 is 5.32 Å². The van der Waals surface area contributed by atoms with Gasteiger partial charge in [0, 0.05) is 25.0 Å². The molecule has 2 fully saturated rings. The molecule has 3 amide bonds. The van der Waals surface area contributed by atoms with Crippen LogP contribution in [0.2, 0.25) is 0 Å². The fourth-order valence-electron chi connectivity index (χ4n) is 5.25. The molecule has 1 aromatic carbocycles. The number of imide groups is 1. The lowest BCUT2D eigenvalue weighted by molar-refractivity contribution is -0.119. The number of nitrogens with one attached hydrogen (secondary N) is 1. The Balaban J connectivity index is 1.36. The quantitative estimate of drug-likeness (QED) is 0.552. The minimum absolute atomic E-state index is 0.0504. The SMILES string of the molecule is O=C(CCN1C(=O)c2ccccc2C1=O)NC(=S)N(C1CCCCC1)C1CCCCC1. The Kier molecular flexibility index (Phi) is 7.00. The summed E-state index contributed by atoms with van der Waals surface area (Å²) in [6, 6.07) is 7.59. The largest absolute Gasteiger partial charge is 0.343 e. The summed E-state index contributed by atoms with van der Waals surface area (Å²) in [5, 5.41) is 3.44. The van der Waals surface area contributed by atoms with E-state index >= 15 is 0 Å². The standard InChI is InChI=1S/C24H31N3O3S/c28-21(15-16-26-22(29)19-13-7-8-14-20(19)23(26)30)25-24(31)27(17-9-3-1-4-10-17)18-11-5-2-6-12-18/h7-8,13-14,17-18H,1-6,9-12,15-16H2,(H,25,28,31). The summed E-state index contributed by atoms with van der Waals surface area (Å²) in [5.41, 5.74) is 0.813. The topological polar surface area (TPSA) is 69.7 Å². The van der Waals surface area contributed by atoms with Crippen LogP contribution in [-0.2, 0) is 4.79 Å². The second-order valence-corrected chi connectivity index (χ2v) is 9.29. The van der Waals surface area contributed by atoms with E-state index in [1.165, 1.54) is 38.5 Å².